The van der Waals surface area contributed by atoms with Crippen molar-refractivity contribution in [3.8, 4) is 0 Å². The third-order valence-corrected chi connectivity index (χ3v) is 4.69. The predicted octanol–water partition coefficient (Wildman–Crippen LogP) is 2.28. The van der Waals surface area contributed by atoms with Gasteiger partial charge in [-0.15, -0.1) is 0 Å². The van der Waals surface area contributed by atoms with Gasteiger partial charge in [0.1, 0.15) is 0 Å². The normalized spacial score (nSPS) is 25.7. The van der Waals surface area contributed by atoms with Crippen molar-refractivity contribution < 1.29 is 13.6 Å². The minimum absolute atomic E-state index is 0.0653. The summed E-state index contributed by atoms with van der Waals surface area (Å²) in [6, 6.07) is 4.46. The Morgan fingerprint density at radius 2 is 2.00 bits per heavy atom. The van der Waals surface area contributed by atoms with E-state index in [0.29, 0.717) is 12.0 Å². The average molecular weight is 294 g/mol. The largest absolute Gasteiger partial charge is 0.342 e. The minimum atomic E-state index is -0.836. The molecule has 2 fully saturated rings. The van der Waals surface area contributed by atoms with Crippen molar-refractivity contribution in [2.75, 3.05) is 20.1 Å². The average Bonchev–Trinajstić information content (AvgIpc) is 3.30. The van der Waals surface area contributed by atoms with E-state index in [1.54, 1.807) is 6.07 Å². The van der Waals surface area contributed by atoms with Gasteiger partial charge in [0.05, 0.1) is 0 Å². The summed E-state index contributed by atoms with van der Waals surface area (Å²) >= 11 is 0. The van der Waals surface area contributed by atoms with Crippen molar-refractivity contribution in [1.82, 2.24) is 10.2 Å². The molecule has 1 saturated carbocycles. The number of carbonyl (C=O) groups excluding carboxylic acids is 1. The molecule has 1 saturated heterocycles. The van der Waals surface area contributed by atoms with Gasteiger partial charge in [-0.25, -0.2) is 8.78 Å². The monoisotopic (exact) mass is 294 g/mol. The summed E-state index contributed by atoms with van der Waals surface area (Å²) < 4.78 is 27.0. The number of nitrogens with one attached hydrogen (secondary N) is 1. The summed E-state index contributed by atoms with van der Waals surface area (Å²) in [7, 11) is 1.83. The summed E-state index contributed by atoms with van der Waals surface area (Å²) in [5.74, 6) is -1.94. The lowest BCUT2D eigenvalue weighted by atomic mass is 10.0. The summed E-state index contributed by atoms with van der Waals surface area (Å²) in [5.41, 5.74) is 0.340. The Bertz CT molecular complexity index is 543. The SMILES string of the molecule is CN(C(=O)[C@@H]1C[C@H]1c1cccc(F)c1F)C1CCNCC1. The Balaban J connectivity index is 1.66. The second kappa shape index (κ2) is 5.72. The summed E-state index contributed by atoms with van der Waals surface area (Å²) in [6.45, 7) is 1.85. The van der Waals surface area contributed by atoms with Crippen LogP contribution < -0.4 is 5.32 Å². The minimum Gasteiger partial charge on any atom is -0.342 e. The number of hydrogen-bond acceptors (Lipinski definition) is 2. The molecule has 1 aliphatic carbocycles. The Labute approximate surface area is 123 Å². The first-order valence-corrected chi connectivity index (χ1v) is 7.51. The van der Waals surface area contributed by atoms with E-state index in [0.717, 1.165) is 32.0 Å². The maximum Gasteiger partial charge on any atom is 0.226 e. The van der Waals surface area contributed by atoms with E-state index in [1.165, 1.54) is 6.07 Å². The van der Waals surface area contributed by atoms with E-state index < -0.39 is 11.6 Å². The Kier molecular flexibility index (Phi) is 3.93. The fraction of sp³-hybridized carbons (Fsp3) is 0.562. The highest BCUT2D eigenvalue weighted by molar-refractivity contribution is 5.83. The third-order valence-electron chi connectivity index (χ3n) is 4.69. The van der Waals surface area contributed by atoms with Gasteiger partial charge in [-0.05, 0) is 49.9 Å². The highest BCUT2D eigenvalue weighted by atomic mass is 19.2. The molecule has 0 unspecified atom stereocenters. The van der Waals surface area contributed by atoms with E-state index >= 15 is 0 Å². The molecule has 5 heteroatoms. The molecule has 0 aromatic heterocycles. The molecule has 0 bridgehead atoms. The molecule has 114 valence electrons. The summed E-state index contributed by atoms with van der Waals surface area (Å²) in [6.07, 6.45) is 2.52. The molecule has 1 N–H and O–H groups in total. The molecule has 1 aromatic carbocycles. The fourth-order valence-corrected chi connectivity index (χ4v) is 3.25. The number of nitrogens with zero attached hydrogens (tertiary/aromatic N) is 1. The zero-order valence-corrected chi connectivity index (χ0v) is 12.1. The van der Waals surface area contributed by atoms with Gasteiger partial charge in [-0.3, -0.25) is 4.79 Å². The van der Waals surface area contributed by atoms with E-state index in [1.807, 2.05) is 11.9 Å². The van der Waals surface area contributed by atoms with Crippen molar-refractivity contribution in [3.63, 3.8) is 0 Å². The van der Waals surface area contributed by atoms with Crippen LogP contribution in [0.1, 0.15) is 30.7 Å². The van der Waals surface area contributed by atoms with Gasteiger partial charge in [0.15, 0.2) is 11.6 Å². The van der Waals surface area contributed by atoms with Crippen LogP contribution in [0.25, 0.3) is 0 Å². The molecule has 3 nitrogen and oxygen atoms in total. The molecule has 2 aliphatic rings. The number of benzene rings is 1. The van der Waals surface area contributed by atoms with Crippen LogP contribution in [0.15, 0.2) is 18.2 Å². The van der Waals surface area contributed by atoms with Gasteiger partial charge in [0.25, 0.3) is 0 Å². The van der Waals surface area contributed by atoms with E-state index in [9.17, 15) is 13.6 Å². The zero-order chi connectivity index (χ0) is 15.0. The molecule has 1 aliphatic heterocycles. The van der Waals surface area contributed by atoms with Crippen LogP contribution in [-0.4, -0.2) is 37.0 Å². The first-order valence-electron chi connectivity index (χ1n) is 7.51. The molecule has 1 aromatic rings. The van der Waals surface area contributed by atoms with Gasteiger partial charge in [0, 0.05) is 19.0 Å². The Hall–Kier alpha value is -1.49. The first kappa shape index (κ1) is 14.4. The molecular formula is C16H20F2N2O. The van der Waals surface area contributed by atoms with Crippen molar-refractivity contribution in [2.24, 2.45) is 5.92 Å². The lowest BCUT2D eigenvalue weighted by Crippen LogP contribution is -2.44. The van der Waals surface area contributed by atoms with Gasteiger partial charge in [-0.1, -0.05) is 12.1 Å². The molecular weight excluding hydrogens is 274 g/mol. The highest BCUT2D eigenvalue weighted by Crippen LogP contribution is 2.49. The predicted molar refractivity (Wildman–Crippen MR) is 75.9 cm³/mol. The maximum atomic E-state index is 13.8. The van der Waals surface area contributed by atoms with Crippen molar-refractivity contribution in [2.45, 2.75) is 31.2 Å². The molecule has 3 rings (SSSR count). The summed E-state index contributed by atoms with van der Waals surface area (Å²) in [5, 5.41) is 3.27. The van der Waals surface area contributed by atoms with Crippen LogP contribution in [0, 0.1) is 17.6 Å². The molecule has 2 atom stereocenters. The number of carbonyl (C=O) groups is 1. The van der Waals surface area contributed by atoms with Crippen molar-refractivity contribution >= 4 is 5.91 Å². The van der Waals surface area contributed by atoms with Crippen molar-refractivity contribution in [1.29, 1.82) is 0 Å². The van der Waals surface area contributed by atoms with Crippen LogP contribution in [0.2, 0.25) is 0 Å². The number of amides is 1. The van der Waals surface area contributed by atoms with E-state index in [2.05, 4.69) is 5.32 Å². The van der Waals surface area contributed by atoms with Crippen LogP contribution in [0.3, 0.4) is 0 Å². The standard InChI is InChI=1S/C16H20F2N2O/c1-20(10-5-7-19-8-6-10)16(21)13-9-12(13)11-3-2-4-14(17)15(11)18/h2-4,10,12-13,19H,5-9H2,1H3/t12-,13+/m0/s1. The fourth-order valence-electron chi connectivity index (χ4n) is 3.25. The van der Waals surface area contributed by atoms with Crippen LogP contribution in [0.4, 0.5) is 8.78 Å². The second-order valence-electron chi connectivity index (χ2n) is 6.02. The van der Waals surface area contributed by atoms with Crippen LogP contribution in [0.5, 0.6) is 0 Å². The Morgan fingerprint density at radius 1 is 1.29 bits per heavy atom. The molecule has 1 heterocycles. The number of halogens is 2. The van der Waals surface area contributed by atoms with Crippen LogP contribution in [-0.2, 0) is 4.79 Å². The molecule has 0 radical (unpaired) electrons. The van der Waals surface area contributed by atoms with Gasteiger partial charge >= 0.3 is 0 Å². The molecule has 0 spiro atoms. The number of piperidine rings is 1. The van der Waals surface area contributed by atoms with Gasteiger partial charge < -0.3 is 10.2 Å². The lowest BCUT2D eigenvalue weighted by Gasteiger charge is -2.32. The van der Waals surface area contributed by atoms with Gasteiger partial charge in [-0.2, -0.15) is 0 Å². The van der Waals surface area contributed by atoms with Gasteiger partial charge in [0.2, 0.25) is 5.91 Å². The number of hydrogen-bond donors (Lipinski definition) is 1. The smallest absolute Gasteiger partial charge is 0.226 e. The Morgan fingerprint density at radius 3 is 2.71 bits per heavy atom. The molecule has 21 heavy (non-hydrogen) atoms. The van der Waals surface area contributed by atoms with Crippen molar-refractivity contribution in [3.05, 3.63) is 35.4 Å². The molecule has 1 amide bonds. The quantitative estimate of drug-likeness (QED) is 0.927. The summed E-state index contributed by atoms with van der Waals surface area (Å²) in [4.78, 5) is 14.3. The van der Waals surface area contributed by atoms with E-state index in [4.69, 9.17) is 0 Å². The lowest BCUT2D eigenvalue weighted by molar-refractivity contribution is -0.133. The zero-order valence-electron chi connectivity index (χ0n) is 12.1. The highest BCUT2D eigenvalue weighted by Gasteiger charge is 2.47. The van der Waals surface area contributed by atoms with E-state index in [-0.39, 0.29) is 23.8 Å². The topological polar surface area (TPSA) is 32.3 Å². The second-order valence-corrected chi connectivity index (χ2v) is 6.02. The first-order chi connectivity index (χ1) is 10.1. The van der Waals surface area contributed by atoms with Crippen LogP contribution >= 0.6 is 0 Å². The third kappa shape index (κ3) is 2.79. The maximum absolute atomic E-state index is 13.8. The number of rotatable bonds is 3.